The maximum absolute atomic E-state index is 4.76. The van der Waals surface area contributed by atoms with E-state index in [0.717, 1.165) is 106 Å². The van der Waals surface area contributed by atoms with Crippen molar-refractivity contribution in [3.8, 4) is 56.2 Å². The number of hydrogen-bond acceptors (Lipinski definition) is 10. The monoisotopic (exact) mass is 1090 g/mol. The van der Waals surface area contributed by atoms with E-state index < -0.39 is 0 Å². The van der Waals surface area contributed by atoms with Gasteiger partial charge in [-0.2, -0.15) is 0 Å². The molecule has 10 aromatic rings. The molecule has 0 saturated carbocycles. The maximum Gasteiger partial charge on any atom is 0.0762 e. The van der Waals surface area contributed by atoms with Gasteiger partial charge in [-0.3, -0.25) is 49.8 Å². The average Bonchev–Trinajstić information content (AvgIpc) is 4.47. The second-order valence-electron chi connectivity index (χ2n) is 23.9. The normalized spacial score (nSPS) is 12.5. The van der Waals surface area contributed by atoms with Crippen LogP contribution in [0.2, 0.25) is 0 Å². The fraction of sp³-hybridized carbons (Fsp3) is 0.315. The van der Waals surface area contributed by atoms with Crippen LogP contribution in [0.4, 0.5) is 0 Å². The van der Waals surface area contributed by atoms with Crippen LogP contribution in [0.3, 0.4) is 0 Å². The smallest absolute Gasteiger partial charge is 0.0762 e. The molecule has 0 atom stereocenters. The van der Waals surface area contributed by atoms with Crippen molar-refractivity contribution < 1.29 is 0 Å². The van der Waals surface area contributed by atoms with Gasteiger partial charge in [0.1, 0.15) is 0 Å². The molecular formula is C73H76N10. The summed E-state index contributed by atoms with van der Waals surface area (Å²) in [5.74, 6) is 0. The van der Waals surface area contributed by atoms with Crippen molar-refractivity contribution in [1.82, 2.24) is 49.8 Å². The van der Waals surface area contributed by atoms with Crippen LogP contribution in [0.25, 0.3) is 56.2 Å². The first-order valence-corrected chi connectivity index (χ1v) is 29.2. The third-order valence-electron chi connectivity index (χ3n) is 18.0. The Hall–Kier alpha value is -8.50. The minimum atomic E-state index is 0.882. The van der Waals surface area contributed by atoms with Gasteiger partial charge in [-0.25, -0.2) is 0 Å². The molecule has 418 valence electrons. The predicted molar refractivity (Wildman–Crippen MR) is 337 cm³/mol. The van der Waals surface area contributed by atoms with E-state index in [4.69, 9.17) is 19.9 Å². The molecule has 15 rings (SSSR count). The van der Waals surface area contributed by atoms with Gasteiger partial charge in [0.25, 0.3) is 0 Å². The van der Waals surface area contributed by atoms with E-state index in [9.17, 15) is 0 Å². The van der Waals surface area contributed by atoms with Crippen molar-refractivity contribution in [3.63, 3.8) is 0 Å². The van der Waals surface area contributed by atoms with Gasteiger partial charge in [-0.15, -0.1) is 0 Å². The number of aromatic nitrogens is 10. The Morgan fingerprint density at radius 1 is 0.289 bits per heavy atom. The fourth-order valence-corrected chi connectivity index (χ4v) is 12.2. The van der Waals surface area contributed by atoms with Crippen molar-refractivity contribution in [3.05, 3.63) is 231 Å². The minimum Gasteiger partial charge on any atom is -0.260 e. The molecule has 10 nitrogen and oxygen atoms in total. The Kier molecular flexibility index (Phi) is 14.9. The van der Waals surface area contributed by atoms with E-state index >= 15 is 0 Å². The third kappa shape index (κ3) is 10.6. The zero-order chi connectivity index (χ0) is 59.0. The van der Waals surface area contributed by atoms with Crippen LogP contribution < -0.4 is 0 Å². The van der Waals surface area contributed by atoms with Gasteiger partial charge in [-0.05, 0) is 239 Å². The lowest BCUT2D eigenvalue weighted by Crippen LogP contribution is -1.97. The SMILES string of the molecule is Cc1cc(C)c2c(n1)Cc1cc(C)c(C)nc1-2.Cc1cc2c(nc1C)-c1c(ncc(C)c1C)C2.Cc1cc2c(nc1C)Cc1cc(C)c(C)nc1-2.Cc1cc2c(nc1C)Cc1ncccc1-2.Cc1ccc2c(n1)Cc1c-2nc(C)c(C)c1C. The summed E-state index contributed by atoms with van der Waals surface area (Å²) in [6.07, 6.45) is 8.43. The molecule has 10 heterocycles. The third-order valence-corrected chi connectivity index (χ3v) is 18.0. The van der Waals surface area contributed by atoms with Gasteiger partial charge in [0.15, 0.2) is 0 Å². The van der Waals surface area contributed by atoms with Crippen LogP contribution in [0.15, 0.2) is 73.1 Å². The molecule has 0 unspecified atom stereocenters. The highest BCUT2D eigenvalue weighted by molar-refractivity contribution is 5.79. The van der Waals surface area contributed by atoms with Gasteiger partial charge in [0.05, 0.1) is 56.9 Å². The van der Waals surface area contributed by atoms with Crippen molar-refractivity contribution >= 4 is 0 Å². The highest BCUT2D eigenvalue weighted by atomic mass is 14.8. The van der Waals surface area contributed by atoms with Gasteiger partial charge in [0, 0.05) is 123 Å². The molecule has 0 radical (unpaired) electrons. The summed E-state index contributed by atoms with van der Waals surface area (Å²) in [6, 6.07) is 21.7. The van der Waals surface area contributed by atoms with E-state index in [0.29, 0.717) is 0 Å². The Balaban J connectivity index is 0.000000109. The molecule has 0 fully saturated rings. The van der Waals surface area contributed by atoms with E-state index in [2.05, 4.69) is 202 Å². The fourth-order valence-electron chi connectivity index (χ4n) is 12.2. The van der Waals surface area contributed by atoms with Crippen molar-refractivity contribution in [2.45, 2.75) is 157 Å². The molecule has 0 amide bonds. The summed E-state index contributed by atoms with van der Waals surface area (Å²) in [5.41, 5.74) is 46.3. The molecule has 5 aliphatic carbocycles. The molecule has 10 aromatic heterocycles. The predicted octanol–water partition coefficient (Wildman–Crippen LogP) is 15.8. The molecule has 83 heavy (non-hydrogen) atoms. The summed E-state index contributed by atoms with van der Waals surface area (Å²) in [5, 5.41) is 0. The molecule has 0 N–H and O–H groups in total. The first kappa shape index (κ1) is 56.4. The second-order valence-corrected chi connectivity index (χ2v) is 23.9. The zero-order valence-corrected chi connectivity index (χ0v) is 51.9. The maximum atomic E-state index is 4.76. The molecule has 0 aliphatic heterocycles. The molecule has 5 aliphatic rings. The average molecular weight is 1090 g/mol. The van der Waals surface area contributed by atoms with E-state index in [1.54, 1.807) is 0 Å². The lowest BCUT2D eigenvalue weighted by Gasteiger charge is -2.09. The molecule has 0 aromatic carbocycles. The van der Waals surface area contributed by atoms with Crippen molar-refractivity contribution in [1.29, 1.82) is 0 Å². The van der Waals surface area contributed by atoms with E-state index in [1.165, 1.54) is 140 Å². The molecular weight excluding hydrogens is 1020 g/mol. The summed E-state index contributed by atoms with van der Waals surface area (Å²) < 4.78 is 0. The number of aryl methyl sites for hydroxylation is 15. The number of nitrogens with zero attached hydrogens (tertiary/aromatic N) is 10. The Labute approximate surface area is 491 Å². The highest BCUT2D eigenvalue weighted by Crippen LogP contribution is 2.42. The highest BCUT2D eigenvalue weighted by Gasteiger charge is 2.28. The second kappa shape index (κ2) is 22.0. The van der Waals surface area contributed by atoms with Crippen LogP contribution >= 0.6 is 0 Å². The minimum absolute atomic E-state index is 0.882. The first-order chi connectivity index (χ1) is 39.5. The number of fused-ring (bicyclic) bond motifs is 15. The molecule has 0 saturated heterocycles. The van der Waals surface area contributed by atoms with Gasteiger partial charge in [-0.1, -0.05) is 24.3 Å². The van der Waals surface area contributed by atoms with Crippen molar-refractivity contribution in [2.24, 2.45) is 0 Å². The summed E-state index contributed by atoms with van der Waals surface area (Å²) in [6.45, 7) is 37.9. The van der Waals surface area contributed by atoms with Crippen molar-refractivity contribution in [2.75, 3.05) is 0 Å². The Bertz CT molecular complexity index is 4280. The first-order valence-electron chi connectivity index (χ1n) is 29.2. The largest absolute Gasteiger partial charge is 0.260 e. The molecule has 0 spiro atoms. The lowest BCUT2D eigenvalue weighted by atomic mass is 10.0. The summed E-state index contributed by atoms with van der Waals surface area (Å²) in [7, 11) is 0. The Morgan fingerprint density at radius 3 is 1.45 bits per heavy atom. The molecule has 0 bridgehead atoms. The number of pyridine rings is 10. The van der Waals surface area contributed by atoms with Crippen LogP contribution in [0.5, 0.6) is 0 Å². The topological polar surface area (TPSA) is 129 Å². The summed E-state index contributed by atoms with van der Waals surface area (Å²) >= 11 is 0. The standard InChI is InChI=1S/4C15H16N2.C13H12N2/c1-8-6-12-7-13-14(15(12)17-11(8)4)9(2)5-10(3)16-13;1-8-5-12-6-13-14(15(12)17-11(8)4)10(3)9(2)7-16-13;1-8-5-12-7-14-13(15(12)17-11(8)4)6-9(2)10(3)16-14;1-8-5-6-12-14(16-8)7-13-10(3)9(2)11(4)17-15(12)13;1-8-6-11-10-4-3-5-14-12(10)7-13(11)15-9(8)2/h5-6H,7H2,1-4H3;5,7H,6H2,1-4H3;2*5-6H,7H2,1-4H3;3-6H,7H2,1-2H3. The van der Waals surface area contributed by atoms with Gasteiger partial charge < -0.3 is 0 Å². The van der Waals surface area contributed by atoms with E-state index in [-0.39, 0.29) is 0 Å². The van der Waals surface area contributed by atoms with E-state index in [1.807, 2.05) is 25.4 Å². The van der Waals surface area contributed by atoms with Gasteiger partial charge in [0.2, 0.25) is 0 Å². The number of hydrogen-bond donors (Lipinski definition) is 0. The van der Waals surface area contributed by atoms with Crippen LogP contribution in [0.1, 0.15) is 158 Å². The lowest BCUT2D eigenvalue weighted by molar-refractivity contribution is 1.02. The van der Waals surface area contributed by atoms with Crippen LogP contribution in [-0.4, -0.2) is 49.8 Å². The van der Waals surface area contributed by atoms with Crippen LogP contribution in [-0.2, 0) is 32.1 Å². The quantitative estimate of drug-likeness (QED) is 0.145. The van der Waals surface area contributed by atoms with Gasteiger partial charge >= 0.3 is 0 Å². The molecule has 10 heteroatoms. The summed E-state index contributed by atoms with van der Waals surface area (Å²) in [4.78, 5) is 46.5. The Morgan fingerprint density at radius 2 is 0.795 bits per heavy atom. The number of rotatable bonds is 0. The zero-order valence-electron chi connectivity index (χ0n) is 51.9. The van der Waals surface area contributed by atoms with Crippen LogP contribution in [0, 0.1) is 125 Å².